The molecule has 2 aliphatic rings. The molecule has 26 heavy (non-hydrogen) atoms. The summed E-state index contributed by atoms with van der Waals surface area (Å²) in [6.45, 7) is 1.60. The number of aromatic nitrogens is 3. The number of pyridine rings is 1. The van der Waals surface area contributed by atoms with Crippen LogP contribution >= 0.6 is 0 Å². The van der Waals surface area contributed by atoms with Crippen LogP contribution in [0.4, 0.5) is 0 Å². The number of likely N-dealkylation sites (tertiary alicyclic amines) is 1. The molecule has 1 amide bonds. The highest BCUT2D eigenvalue weighted by Gasteiger charge is 2.34. The van der Waals surface area contributed by atoms with Crippen molar-refractivity contribution in [2.24, 2.45) is 5.92 Å². The van der Waals surface area contributed by atoms with Crippen LogP contribution in [0.25, 0.3) is 5.65 Å². The molecule has 1 unspecified atom stereocenters. The predicted octanol–water partition coefficient (Wildman–Crippen LogP) is 3.29. The Morgan fingerprint density at radius 3 is 3.00 bits per heavy atom. The lowest BCUT2D eigenvalue weighted by molar-refractivity contribution is 0.0669. The molecular weight excluding hydrogens is 328 g/mol. The van der Waals surface area contributed by atoms with Crippen molar-refractivity contribution >= 4 is 11.6 Å². The van der Waals surface area contributed by atoms with Crippen LogP contribution in [0.5, 0.6) is 0 Å². The van der Waals surface area contributed by atoms with Crippen LogP contribution in [-0.4, -0.2) is 38.5 Å². The zero-order valence-electron chi connectivity index (χ0n) is 14.7. The van der Waals surface area contributed by atoms with Gasteiger partial charge in [-0.2, -0.15) is 0 Å². The molecule has 1 saturated carbocycles. The van der Waals surface area contributed by atoms with Crippen LogP contribution in [-0.2, 0) is 6.42 Å². The number of furan rings is 1. The summed E-state index contributed by atoms with van der Waals surface area (Å²) in [5.74, 6) is 2.85. The van der Waals surface area contributed by atoms with Gasteiger partial charge in [-0.25, -0.2) is 0 Å². The Labute approximate surface area is 151 Å². The Hall–Kier alpha value is -2.63. The first-order chi connectivity index (χ1) is 12.8. The van der Waals surface area contributed by atoms with Gasteiger partial charge in [-0.05, 0) is 49.8 Å². The fraction of sp³-hybridized carbons (Fsp3) is 0.450. The molecule has 1 saturated heterocycles. The molecule has 6 heteroatoms. The molecule has 0 spiro atoms. The molecule has 0 bridgehead atoms. The van der Waals surface area contributed by atoms with Crippen LogP contribution in [0.15, 0.2) is 41.1 Å². The summed E-state index contributed by atoms with van der Waals surface area (Å²) in [4.78, 5) is 15.0. The maximum absolute atomic E-state index is 13.0. The van der Waals surface area contributed by atoms with Crippen LogP contribution < -0.4 is 0 Å². The number of carbonyl (C=O) groups is 1. The second-order valence-corrected chi connectivity index (χ2v) is 7.48. The molecule has 3 aromatic heterocycles. The zero-order chi connectivity index (χ0) is 17.5. The quantitative estimate of drug-likeness (QED) is 0.724. The topological polar surface area (TPSA) is 63.6 Å². The van der Waals surface area contributed by atoms with E-state index in [1.807, 2.05) is 39.8 Å². The first-order valence-corrected chi connectivity index (χ1v) is 9.45. The van der Waals surface area contributed by atoms with Crippen molar-refractivity contribution in [3.05, 3.63) is 53.9 Å². The standard InChI is InChI=1S/C20H22N4O2/c25-20(16-8-11-26-19(16)15-6-7-15)23-9-3-4-14(13-23)12-18-22-21-17-5-1-2-10-24(17)18/h1-2,5,8,10-11,14-15H,3-4,6-7,9,12-13H2. The van der Waals surface area contributed by atoms with E-state index in [2.05, 4.69) is 10.2 Å². The minimum absolute atomic E-state index is 0.122. The van der Waals surface area contributed by atoms with Gasteiger partial charge in [-0.15, -0.1) is 10.2 Å². The lowest BCUT2D eigenvalue weighted by Gasteiger charge is -2.32. The Morgan fingerprint density at radius 1 is 1.19 bits per heavy atom. The lowest BCUT2D eigenvalue weighted by Crippen LogP contribution is -2.40. The number of rotatable bonds is 4. The van der Waals surface area contributed by atoms with E-state index >= 15 is 0 Å². The molecule has 0 radical (unpaired) electrons. The monoisotopic (exact) mass is 350 g/mol. The van der Waals surface area contributed by atoms with E-state index in [9.17, 15) is 4.79 Å². The highest BCUT2D eigenvalue weighted by Crippen LogP contribution is 2.42. The van der Waals surface area contributed by atoms with E-state index in [-0.39, 0.29) is 5.91 Å². The summed E-state index contributed by atoms with van der Waals surface area (Å²) < 4.78 is 7.64. The van der Waals surface area contributed by atoms with Crippen molar-refractivity contribution in [3.63, 3.8) is 0 Å². The molecule has 5 rings (SSSR count). The Balaban J connectivity index is 1.31. The molecule has 134 valence electrons. The van der Waals surface area contributed by atoms with E-state index in [1.54, 1.807) is 6.26 Å². The molecule has 1 aliphatic heterocycles. The van der Waals surface area contributed by atoms with E-state index in [0.29, 0.717) is 11.8 Å². The maximum atomic E-state index is 13.0. The molecule has 1 aliphatic carbocycles. The van der Waals surface area contributed by atoms with E-state index in [1.165, 1.54) is 0 Å². The Morgan fingerprint density at radius 2 is 2.12 bits per heavy atom. The normalized spacial score (nSPS) is 20.6. The third-order valence-electron chi connectivity index (χ3n) is 5.54. The van der Waals surface area contributed by atoms with Gasteiger partial charge in [0.2, 0.25) is 0 Å². The maximum Gasteiger partial charge on any atom is 0.257 e. The number of fused-ring (bicyclic) bond motifs is 1. The van der Waals surface area contributed by atoms with E-state index in [4.69, 9.17) is 4.42 Å². The number of piperidine rings is 1. The van der Waals surface area contributed by atoms with Gasteiger partial charge in [0.05, 0.1) is 11.8 Å². The summed E-state index contributed by atoms with van der Waals surface area (Å²) in [6.07, 6.45) is 8.92. The van der Waals surface area contributed by atoms with Crippen LogP contribution in [0.3, 0.4) is 0 Å². The van der Waals surface area contributed by atoms with Gasteiger partial charge >= 0.3 is 0 Å². The molecule has 1 atom stereocenters. The van der Waals surface area contributed by atoms with Crippen molar-refractivity contribution in [1.29, 1.82) is 0 Å². The fourth-order valence-electron chi connectivity index (χ4n) is 4.03. The number of nitrogens with zero attached hydrogens (tertiary/aromatic N) is 4. The molecule has 0 aromatic carbocycles. The summed E-state index contributed by atoms with van der Waals surface area (Å²) in [6, 6.07) is 7.77. The first-order valence-electron chi connectivity index (χ1n) is 9.45. The van der Waals surface area contributed by atoms with Gasteiger partial charge in [0.25, 0.3) is 5.91 Å². The van der Waals surface area contributed by atoms with Crippen LogP contribution in [0.2, 0.25) is 0 Å². The summed E-state index contributed by atoms with van der Waals surface area (Å²) in [5.41, 5.74) is 1.64. The van der Waals surface area contributed by atoms with E-state index in [0.717, 1.165) is 68.0 Å². The second-order valence-electron chi connectivity index (χ2n) is 7.48. The summed E-state index contributed by atoms with van der Waals surface area (Å²) >= 11 is 0. The molecule has 4 heterocycles. The van der Waals surface area contributed by atoms with Crippen LogP contribution in [0.1, 0.15) is 53.5 Å². The fourth-order valence-corrected chi connectivity index (χ4v) is 4.03. The molecular formula is C20H22N4O2. The first kappa shape index (κ1) is 15.6. The van der Waals surface area contributed by atoms with Crippen molar-refractivity contribution in [1.82, 2.24) is 19.5 Å². The van der Waals surface area contributed by atoms with Gasteiger partial charge in [0.15, 0.2) is 5.65 Å². The predicted molar refractivity (Wildman–Crippen MR) is 96.0 cm³/mol. The molecule has 6 nitrogen and oxygen atoms in total. The number of amides is 1. The van der Waals surface area contributed by atoms with E-state index < -0.39 is 0 Å². The van der Waals surface area contributed by atoms with Gasteiger partial charge in [0, 0.05) is 31.6 Å². The highest BCUT2D eigenvalue weighted by atomic mass is 16.3. The van der Waals surface area contributed by atoms with Crippen molar-refractivity contribution < 1.29 is 9.21 Å². The lowest BCUT2D eigenvalue weighted by atomic mass is 9.94. The smallest absolute Gasteiger partial charge is 0.257 e. The third-order valence-corrected chi connectivity index (χ3v) is 5.54. The Kier molecular flexibility index (Phi) is 3.76. The van der Waals surface area contributed by atoms with Crippen molar-refractivity contribution in [2.45, 2.75) is 38.0 Å². The zero-order valence-corrected chi connectivity index (χ0v) is 14.7. The Bertz CT molecular complexity index is 940. The van der Waals surface area contributed by atoms with Crippen molar-refractivity contribution in [3.8, 4) is 0 Å². The molecule has 3 aromatic rings. The number of hydrogen-bond acceptors (Lipinski definition) is 4. The largest absolute Gasteiger partial charge is 0.468 e. The second kappa shape index (κ2) is 6.27. The average molecular weight is 350 g/mol. The number of hydrogen-bond donors (Lipinski definition) is 0. The third kappa shape index (κ3) is 2.79. The van der Waals surface area contributed by atoms with Crippen LogP contribution in [0, 0.1) is 5.92 Å². The molecule has 0 N–H and O–H groups in total. The molecule has 2 fully saturated rings. The van der Waals surface area contributed by atoms with Gasteiger partial charge in [-0.3, -0.25) is 9.20 Å². The highest BCUT2D eigenvalue weighted by molar-refractivity contribution is 5.95. The van der Waals surface area contributed by atoms with Crippen molar-refractivity contribution in [2.75, 3.05) is 13.1 Å². The minimum Gasteiger partial charge on any atom is -0.468 e. The van der Waals surface area contributed by atoms with Gasteiger partial charge in [0.1, 0.15) is 11.6 Å². The SMILES string of the molecule is O=C(c1ccoc1C1CC1)N1CCCC(Cc2nnc3ccccn23)C1. The van der Waals surface area contributed by atoms with Gasteiger partial charge in [-0.1, -0.05) is 6.07 Å². The minimum atomic E-state index is 0.122. The summed E-state index contributed by atoms with van der Waals surface area (Å²) in [7, 11) is 0. The number of carbonyl (C=O) groups excluding carboxylic acids is 1. The van der Waals surface area contributed by atoms with Gasteiger partial charge < -0.3 is 9.32 Å². The summed E-state index contributed by atoms with van der Waals surface area (Å²) in [5, 5.41) is 8.59. The average Bonchev–Trinajstić information content (AvgIpc) is 3.27.